The molecule has 2 N–H and O–H groups in total. The molecule has 4 heterocycles. The van der Waals surface area contributed by atoms with Gasteiger partial charge in [0.25, 0.3) is 5.91 Å². The summed E-state index contributed by atoms with van der Waals surface area (Å²) in [7, 11) is 1.59. The molecule has 1 aliphatic rings. The summed E-state index contributed by atoms with van der Waals surface area (Å²) in [6.45, 7) is 3.13. The highest BCUT2D eigenvalue weighted by atomic mass is 35.5. The fraction of sp³-hybridized carbons (Fsp3) is 0.357. The SMILES string of the molecule is COCCOC[C@@H](O)Cn1cc(-c2ccn3ncc(C(=O)Nc4cc(-c5nnn(C6CC6)n5)c(F)cc4Cl)c3c2)c(C)n1. The summed E-state index contributed by atoms with van der Waals surface area (Å²) in [5.41, 5.74) is 3.50. The van der Waals surface area contributed by atoms with Crippen molar-refractivity contribution in [1.29, 1.82) is 0 Å². The largest absolute Gasteiger partial charge is 0.389 e. The number of nitrogens with one attached hydrogen (secondary N) is 1. The van der Waals surface area contributed by atoms with Gasteiger partial charge in [-0.2, -0.15) is 15.0 Å². The number of benzene rings is 1. The number of halogens is 2. The van der Waals surface area contributed by atoms with E-state index in [0.717, 1.165) is 35.7 Å². The molecule has 0 saturated heterocycles. The van der Waals surface area contributed by atoms with Crippen LogP contribution < -0.4 is 5.32 Å². The molecule has 1 fully saturated rings. The van der Waals surface area contributed by atoms with Crippen LogP contribution >= 0.6 is 11.6 Å². The number of tetrazole rings is 1. The van der Waals surface area contributed by atoms with Crippen LogP contribution in [0.15, 0.2) is 42.9 Å². The number of methoxy groups -OCH3 is 1. The Hall–Kier alpha value is -4.24. The van der Waals surface area contributed by atoms with Crippen molar-refractivity contribution >= 4 is 28.7 Å². The number of aromatic nitrogens is 8. The molecule has 13 nitrogen and oxygen atoms in total. The Bertz CT molecular complexity index is 1780. The van der Waals surface area contributed by atoms with Crippen molar-refractivity contribution in [2.24, 2.45) is 0 Å². The maximum Gasteiger partial charge on any atom is 0.259 e. The minimum Gasteiger partial charge on any atom is -0.389 e. The van der Waals surface area contributed by atoms with Gasteiger partial charge in [-0.05, 0) is 54.8 Å². The molecule has 6 rings (SSSR count). The average molecular weight is 610 g/mol. The lowest BCUT2D eigenvalue weighted by molar-refractivity contribution is 0.00595. The number of hydrogen-bond acceptors (Lipinski definition) is 9. The van der Waals surface area contributed by atoms with Gasteiger partial charge in [-0.25, -0.2) is 8.91 Å². The zero-order valence-corrected chi connectivity index (χ0v) is 24.2. The van der Waals surface area contributed by atoms with Gasteiger partial charge in [-0.3, -0.25) is 9.48 Å². The minimum atomic E-state index is -0.739. The summed E-state index contributed by atoms with van der Waals surface area (Å²) in [4.78, 5) is 14.9. The lowest BCUT2D eigenvalue weighted by Crippen LogP contribution is -2.23. The van der Waals surface area contributed by atoms with E-state index in [-0.39, 0.29) is 46.9 Å². The molecule has 4 aromatic heterocycles. The smallest absolute Gasteiger partial charge is 0.259 e. The van der Waals surface area contributed by atoms with Gasteiger partial charge in [0.05, 0.1) is 77.8 Å². The number of nitrogens with zero attached hydrogens (tertiary/aromatic N) is 8. The molecule has 0 unspecified atom stereocenters. The third-order valence-electron chi connectivity index (χ3n) is 7.01. The fourth-order valence-electron chi connectivity index (χ4n) is 4.65. The number of aliphatic hydroxyl groups excluding tert-OH is 1. The second kappa shape index (κ2) is 12.2. The molecule has 1 amide bonds. The lowest BCUT2D eigenvalue weighted by atomic mass is 10.1. The summed E-state index contributed by atoms with van der Waals surface area (Å²) < 4.78 is 28.4. The minimum absolute atomic E-state index is 0.0238. The Balaban J connectivity index is 1.21. The van der Waals surface area contributed by atoms with Crippen molar-refractivity contribution in [2.75, 3.05) is 32.2 Å². The standard InChI is InChI=1S/C28H29ClFN9O4/c1-16-22(14-37(34-16)13-19(40)15-43-8-7-42-2)17-5-6-38-26(9-17)21(12-31-38)28(41)32-25-10-20(24(30)11-23(25)29)27-33-36-39(35-27)18-3-4-18/h5-6,9-12,14,18-19,40H,3-4,7-8,13,15H2,1-2H3,(H,32,41)/t19-/m0/s1. The molecular weight excluding hydrogens is 581 g/mol. The van der Waals surface area contributed by atoms with Crippen LogP contribution in [0, 0.1) is 12.7 Å². The third kappa shape index (κ3) is 6.27. The van der Waals surface area contributed by atoms with Gasteiger partial charge >= 0.3 is 0 Å². The average Bonchev–Trinajstić information content (AvgIpc) is 3.38. The van der Waals surface area contributed by atoms with E-state index in [1.165, 1.54) is 17.1 Å². The second-order valence-corrected chi connectivity index (χ2v) is 10.7. The van der Waals surface area contributed by atoms with E-state index in [4.69, 9.17) is 21.1 Å². The maximum absolute atomic E-state index is 14.8. The van der Waals surface area contributed by atoms with E-state index >= 15 is 0 Å². The topological polar surface area (TPSA) is 147 Å². The molecule has 0 aliphatic heterocycles. The molecule has 1 aromatic carbocycles. The molecule has 15 heteroatoms. The van der Waals surface area contributed by atoms with Crippen LogP contribution in [-0.2, 0) is 16.0 Å². The van der Waals surface area contributed by atoms with Gasteiger partial charge in [0, 0.05) is 25.1 Å². The van der Waals surface area contributed by atoms with Gasteiger partial charge in [0.15, 0.2) is 0 Å². The lowest BCUT2D eigenvalue weighted by Gasteiger charge is -2.11. The number of fused-ring (bicyclic) bond motifs is 1. The van der Waals surface area contributed by atoms with Crippen molar-refractivity contribution in [3.05, 3.63) is 65.0 Å². The Morgan fingerprint density at radius 3 is 2.86 bits per heavy atom. The number of amides is 1. The summed E-state index contributed by atoms with van der Waals surface area (Å²) in [6.07, 6.45) is 6.20. The third-order valence-corrected chi connectivity index (χ3v) is 7.32. The van der Waals surface area contributed by atoms with Gasteiger partial charge in [-0.1, -0.05) is 11.6 Å². The molecular formula is C28H29ClFN9O4. The number of aryl methyl sites for hydroxylation is 1. The molecule has 1 saturated carbocycles. The second-order valence-electron chi connectivity index (χ2n) is 10.3. The normalized spacial score (nSPS) is 14.0. The van der Waals surface area contributed by atoms with Crippen molar-refractivity contribution in [3.8, 4) is 22.5 Å². The first-order valence-electron chi connectivity index (χ1n) is 13.7. The number of anilines is 1. The highest BCUT2D eigenvalue weighted by molar-refractivity contribution is 6.34. The zero-order valence-electron chi connectivity index (χ0n) is 23.4. The summed E-state index contributed by atoms with van der Waals surface area (Å²) in [5.74, 6) is -0.995. The molecule has 0 radical (unpaired) electrons. The zero-order chi connectivity index (χ0) is 30.1. The van der Waals surface area contributed by atoms with Crippen molar-refractivity contribution in [1.82, 2.24) is 39.6 Å². The number of pyridine rings is 1. The van der Waals surface area contributed by atoms with E-state index in [1.54, 1.807) is 22.5 Å². The van der Waals surface area contributed by atoms with Crippen LogP contribution in [0.3, 0.4) is 0 Å². The Kier molecular flexibility index (Phi) is 8.17. The quantitative estimate of drug-likeness (QED) is 0.203. The van der Waals surface area contributed by atoms with Crippen LogP contribution in [0.5, 0.6) is 0 Å². The van der Waals surface area contributed by atoms with Crippen molar-refractivity contribution in [2.45, 2.75) is 38.5 Å². The van der Waals surface area contributed by atoms with Crippen LogP contribution in [-0.4, -0.2) is 83.6 Å². The van der Waals surface area contributed by atoms with E-state index < -0.39 is 17.8 Å². The van der Waals surface area contributed by atoms with E-state index in [2.05, 4.69) is 30.9 Å². The van der Waals surface area contributed by atoms with E-state index in [9.17, 15) is 14.3 Å². The molecule has 1 aliphatic carbocycles. The first kappa shape index (κ1) is 28.9. The summed E-state index contributed by atoms with van der Waals surface area (Å²) in [6, 6.07) is 6.40. The highest BCUT2D eigenvalue weighted by Crippen LogP contribution is 2.35. The Morgan fingerprint density at radius 2 is 2.07 bits per heavy atom. The fourth-order valence-corrected chi connectivity index (χ4v) is 4.84. The predicted molar refractivity (Wildman–Crippen MR) is 154 cm³/mol. The molecule has 43 heavy (non-hydrogen) atoms. The number of aliphatic hydroxyl groups is 1. The van der Waals surface area contributed by atoms with Crippen LogP contribution in [0.25, 0.3) is 28.0 Å². The van der Waals surface area contributed by atoms with E-state index in [1.807, 2.05) is 25.3 Å². The van der Waals surface area contributed by atoms with Gasteiger partial charge < -0.3 is 19.9 Å². The number of carbonyl (C=O) groups excluding carboxylic acids is 1. The molecule has 224 valence electrons. The summed E-state index contributed by atoms with van der Waals surface area (Å²) >= 11 is 6.30. The van der Waals surface area contributed by atoms with Crippen LogP contribution in [0.4, 0.5) is 10.1 Å². The number of hydrogen-bond donors (Lipinski definition) is 2. The monoisotopic (exact) mass is 609 g/mol. The first-order chi connectivity index (χ1) is 20.8. The molecule has 0 bridgehead atoms. The Labute approximate surface area is 250 Å². The number of ether oxygens (including phenoxy) is 2. The molecule has 0 spiro atoms. The molecule has 5 aromatic rings. The number of carbonyl (C=O) groups is 1. The Morgan fingerprint density at radius 1 is 1.23 bits per heavy atom. The van der Waals surface area contributed by atoms with Crippen molar-refractivity contribution < 1.29 is 23.8 Å². The number of rotatable bonds is 12. The highest BCUT2D eigenvalue weighted by Gasteiger charge is 2.27. The maximum atomic E-state index is 14.8. The first-order valence-corrected chi connectivity index (χ1v) is 14.1. The molecule has 1 atom stereocenters. The predicted octanol–water partition coefficient (Wildman–Crippen LogP) is 3.56. The van der Waals surface area contributed by atoms with E-state index in [0.29, 0.717) is 18.7 Å². The van der Waals surface area contributed by atoms with Gasteiger partial charge in [-0.15, -0.1) is 10.2 Å². The summed E-state index contributed by atoms with van der Waals surface area (Å²) in [5, 5.41) is 34.2. The van der Waals surface area contributed by atoms with Crippen LogP contribution in [0.1, 0.15) is 34.9 Å². The van der Waals surface area contributed by atoms with Crippen molar-refractivity contribution in [3.63, 3.8) is 0 Å². The van der Waals surface area contributed by atoms with Gasteiger partial charge in [0.1, 0.15) is 5.82 Å². The van der Waals surface area contributed by atoms with Crippen LogP contribution in [0.2, 0.25) is 5.02 Å². The van der Waals surface area contributed by atoms with Gasteiger partial charge in [0.2, 0.25) is 5.82 Å².